The second kappa shape index (κ2) is 10.00. The Hall–Kier alpha value is -1.12. The van der Waals surface area contributed by atoms with Crippen molar-refractivity contribution >= 4 is 43.3 Å². The predicted molar refractivity (Wildman–Crippen MR) is 125 cm³/mol. The molecule has 1 fully saturated rings. The topological polar surface area (TPSA) is 75.9 Å². The smallest absolute Gasteiger partial charge is 0.254 e. The molecule has 0 aliphatic carbocycles. The summed E-state index contributed by atoms with van der Waals surface area (Å²) in [6.07, 6.45) is -0.291. The zero-order valence-corrected chi connectivity index (χ0v) is 21.0. The minimum atomic E-state index is -2.13. The van der Waals surface area contributed by atoms with Crippen LogP contribution in [0.25, 0.3) is 0 Å². The minimum absolute atomic E-state index is 0.000346. The van der Waals surface area contributed by atoms with E-state index in [1.807, 2.05) is 0 Å². The first kappa shape index (κ1) is 25.1. The van der Waals surface area contributed by atoms with Gasteiger partial charge in [0.2, 0.25) is 5.91 Å². The van der Waals surface area contributed by atoms with Crippen LogP contribution >= 0.6 is 23.2 Å². The van der Waals surface area contributed by atoms with Crippen LogP contribution in [0.3, 0.4) is 0 Å². The second-order valence-electron chi connectivity index (χ2n) is 9.21. The number of rotatable bonds is 7. The van der Waals surface area contributed by atoms with Crippen LogP contribution in [0.5, 0.6) is 0 Å². The van der Waals surface area contributed by atoms with Gasteiger partial charge in [-0.3, -0.25) is 9.59 Å². The molecule has 2 N–H and O–H groups in total. The molecule has 2 atom stereocenters. The van der Waals surface area contributed by atoms with Crippen LogP contribution in [0.2, 0.25) is 23.2 Å². The summed E-state index contributed by atoms with van der Waals surface area (Å²) in [5.74, 6) is -0.435. The van der Waals surface area contributed by atoms with E-state index in [0.717, 1.165) is 0 Å². The molecule has 1 heterocycles. The van der Waals surface area contributed by atoms with Crippen molar-refractivity contribution in [1.82, 2.24) is 9.80 Å². The zero-order chi connectivity index (χ0) is 22.7. The number of halogens is 2. The Kier molecular flexibility index (Phi) is 8.38. The zero-order valence-electron chi connectivity index (χ0n) is 18.5. The molecule has 0 bridgehead atoms. The van der Waals surface area contributed by atoms with Crippen LogP contribution in [0, 0.1) is 0 Å². The SMILES string of the molecule is CC(C)(C)[Si](C)(C)OC1CN(C(=O)c2ccc(Cl)cc2)CC1N(CCN)C(=O)CCl. The van der Waals surface area contributed by atoms with Crippen molar-refractivity contribution in [3.63, 3.8) is 0 Å². The maximum absolute atomic E-state index is 13.1. The maximum Gasteiger partial charge on any atom is 0.254 e. The monoisotopic (exact) mass is 473 g/mol. The maximum atomic E-state index is 13.1. The van der Waals surface area contributed by atoms with E-state index >= 15 is 0 Å². The van der Waals surface area contributed by atoms with Crippen molar-refractivity contribution in [3.8, 4) is 0 Å². The van der Waals surface area contributed by atoms with Gasteiger partial charge in [-0.15, -0.1) is 11.6 Å². The average Bonchev–Trinajstić information content (AvgIpc) is 3.07. The third-order valence-corrected chi connectivity index (χ3v) is 11.1. The molecule has 1 aliphatic rings. The highest BCUT2D eigenvalue weighted by Gasteiger charge is 2.46. The van der Waals surface area contributed by atoms with Crippen LogP contribution in [0.1, 0.15) is 31.1 Å². The first-order valence-corrected chi connectivity index (χ1v) is 14.0. The molecule has 6 nitrogen and oxygen atoms in total. The van der Waals surface area contributed by atoms with Crippen molar-refractivity contribution in [2.75, 3.05) is 32.1 Å². The van der Waals surface area contributed by atoms with Crippen molar-refractivity contribution in [2.24, 2.45) is 5.73 Å². The fraction of sp³-hybridized carbons (Fsp3) is 0.619. The molecule has 2 rings (SSSR count). The number of likely N-dealkylation sites (tertiary alicyclic amines) is 1. The molecule has 1 aliphatic heterocycles. The van der Waals surface area contributed by atoms with E-state index in [9.17, 15) is 9.59 Å². The van der Waals surface area contributed by atoms with Gasteiger partial charge in [0.05, 0.1) is 12.1 Å². The third kappa shape index (κ3) is 5.76. The summed E-state index contributed by atoms with van der Waals surface area (Å²) in [5, 5.41) is 0.576. The predicted octanol–water partition coefficient (Wildman–Crippen LogP) is 3.58. The Bertz CT molecular complexity index is 753. The second-order valence-corrected chi connectivity index (χ2v) is 14.7. The molecule has 1 aromatic rings. The Morgan fingerprint density at radius 3 is 2.33 bits per heavy atom. The van der Waals surface area contributed by atoms with E-state index < -0.39 is 8.32 Å². The van der Waals surface area contributed by atoms with Crippen molar-refractivity contribution in [3.05, 3.63) is 34.9 Å². The molecule has 1 aromatic carbocycles. The molecule has 0 saturated carbocycles. The van der Waals surface area contributed by atoms with Crippen LogP contribution in [-0.4, -0.2) is 74.1 Å². The summed E-state index contributed by atoms with van der Waals surface area (Å²) >= 11 is 11.8. The highest BCUT2D eigenvalue weighted by Crippen LogP contribution is 2.39. The van der Waals surface area contributed by atoms with Gasteiger partial charge < -0.3 is 20.0 Å². The van der Waals surface area contributed by atoms with E-state index in [-0.39, 0.29) is 34.9 Å². The average molecular weight is 475 g/mol. The van der Waals surface area contributed by atoms with Gasteiger partial charge in [0, 0.05) is 36.8 Å². The number of carbonyl (C=O) groups is 2. The van der Waals surface area contributed by atoms with Gasteiger partial charge in [-0.05, 0) is 42.4 Å². The first-order valence-electron chi connectivity index (χ1n) is 10.2. The number of amides is 2. The molecular formula is C21H33Cl2N3O3Si. The molecule has 2 unspecified atom stereocenters. The summed E-state index contributed by atoms with van der Waals surface area (Å²) < 4.78 is 6.68. The lowest BCUT2D eigenvalue weighted by Crippen LogP contribution is -2.54. The number of benzene rings is 1. The van der Waals surface area contributed by atoms with Gasteiger partial charge in [0.1, 0.15) is 5.88 Å². The largest absolute Gasteiger partial charge is 0.410 e. The molecule has 30 heavy (non-hydrogen) atoms. The molecule has 168 valence electrons. The Labute approximate surface area is 190 Å². The first-order chi connectivity index (χ1) is 13.9. The molecule has 1 saturated heterocycles. The standard InChI is InChI=1S/C21H33Cl2N3O3Si/c1-21(2,3)30(4,5)29-18-14-25(20(28)15-6-8-16(23)9-7-15)13-17(18)26(11-10-24)19(27)12-22/h6-9,17-18H,10-14,24H2,1-5H3. The molecule has 0 aromatic heterocycles. The summed E-state index contributed by atoms with van der Waals surface area (Å²) in [6, 6.07) is 6.53. The van der Waals surface area contributed by atoms with Crippen LogP contribution < -0.4 is 5.73 Å². The lowest BCUT2D eigenvalue weighted by atomic mass is 10.2. The fourth-order valence-electron chi connectivity index (χ4n) is 3.36. The normalized spacial score (nSPS) is 19.8. The number of carbonyl (C=O) groups excluding carboxylic acids is 2. The Morgan fingerprint density at radius 1 is 1.23 bits per heavy atom. The van der Waals surface area contributed by atoms with E-state index in [1.165, 1.54) is 0 Å². The van der Waals surface area contributed by atoms with Crippen LogP contribution in [-0.2, 0) is 9.22 Å². The Balaban J connectivity index is 2.33. The molecule has 2 amide bonds. The van der Waals surface area contributed by atoms with Gasteiger partial charge in [0.25, 0.3) is 5.91 Å². The minimum Gasteiger partial charge on any atom is -0.410 e. The van der Waals surface area contributed by atoms with Gasteiger partial charge >= 0.3 is 0 Å². The lowest BCUT2D eigenvalue weighted by Gasteiger charge is -2.41. The van der Waals surface area contributed by atoms with Crippen molar-refractivity contribution < 1.29 is 14.0 Å². The van der Waals surface area contributed by atoms with Crippen molar-refractivity contribution in [2.45, 2.75) is 51.0 Å². The summed E-state index contributed by atoms with van der Waals surface area (Å²) in [6.45, 7) is 12.3. The number of nitrogens with two attached hydrogens (primary N) is 1. The summed E-state index contributed by atoms with van der Waals surface area (Å²) in [5.41, 5.74) is 6.32. The number of hydrogen-bond acceptors (Lipinski definition) is 4. The highest BCUT2D eigenvalue weighted by molar-refractivity contribution is 6.74. The lowest BCUT2D eigenvalue weighted by molar-refractivity contribution is -0.132. The number of alkyl halides is 1. The molecule has 0 radical (unpaired) electrons. The number of hydrogen-bond donors (Lipinski definition) is 1. The van der Waals surface area contributed by atoms with Gasteiger partial charge in [-0.25, -0.2) is 0 Å². The molecule has 9 heteroatoms. The van der Waals surface area contributed by atoms with Gasteiger partial charge in [-0.1, -0.05) is 32.4 Å². The van der Waals surface area contributed by atoms with E-state index in [2.05, 4.69) is 33.9 Å². The van der Waals surface area contributed by atoms with Crippen LogP contribution in [0.15, 0.2) is 24.3 Å². The third-order valence-electron chi connectivity index (χ3n) is 6.07. The van der Waals surface area contributed by atoms with Crippen LogP contribution in [0.4, 0.5) is 0 Å². The quantitative estimate of drug-likeness (QED) is 0.484. The fourth-order valence-corrected chi connectivity index (χ4v) is 4.98. The number of nitrogens with zero attached hydrogens (tertiary/aromatic N) is 2. The summed E-state index contributed by atoms with van der Waals surface area (Å²) in [7, 11) is -2.13. The van der Waals surface area contributed by atoms with E-state index in [1.54, 1.807) is 34.1 Å². The summed E-state index contributed by atoms with van der Waals surface area (Å²) in [4.78, 5) is 29.1. The van der Waals surface area contributed by atoms with E-state index in [0.29, 0.717) is 36.8 Å². The van der Waals surface area contributed by atoms with Gasteiger partial charge in [0.15, 0.2) is 8.32 Å². The van der Waals surface area contributed by atoms with Gasteiger partial charge in [-0.2, -0.15) is 0 Å². The van der Waals surface area contributed by atoms with Crippen molar-refractivity contribution in [1.29, 1.82) is 0 Å². The Morgan fingerprint density at radius 2 is 1.83 bits per heavy atom. The molecule has 0 spiro atoms. The van der Waals surface area contributed by atoms with E-state index in [4.69, 9.17) is 33.4 Å². The molecular weight excluding hydrogens is 441 g/mol. The highest BCUT2D eigenvalue weighted by atomic mass is 35.5.